The average Bonchev–Trinajstić information content (AvgIpc) is 3.48. The number of nitrogens with zero attached hydrogens (tertiary/aromatic N) is 4. The minimum absolute atomic E-state index is 0.0543. The zero-order chi connectivity index (χ0) is 22.2. The number of non-ortho nitro benzene ring substituents is 1. The first kappa shape index (κ1) is 21.6. The van der Waals surface area contributed by atoms with Crippen LogP contribution in [0.25, 0.3) is 10.2 Å². The lowest BCUT2D eigenvalue weighted by Gasteiger charge is -2.20. The second kappa shape index (κ2) is 8.46. The summed E-state index contributed by atoms with van der Waals surface area (Å²) < 4.78 is 29.6. The average molecular weight is 479 g/mol. The zero-order valence-corrected chi connectivity index (χ0v) is 18.7. The Labute approximate surface area is 185 Å². The Balaban J connectivity index is 1.75. The van der Waals surface area contributed by atoms with Gasteiger partial charge in [0.15, 0.2) is 4.80 Å². The molecule has 3 heterocycles. The lowest BCUT2D eigenvalue weighted by Crippen LogP contribution is -2.40. The van der Waals surface area contributed by atoms with Gasteiger partial charge in [0.25, 0.3) is 21.6 Å². The Hall–Kier alpha value is -2.67. The largest absolute Gasteiger partial charge is 0.312 e. The molecule has 1 aliphatic heterocycles. The number of thiazole rings is 1. The summed E-state index contributed by atoms with van der Waals surface area (Å²) in [5, 5.41) is 12.8. The monoisotopic (exact) mass is 478 g/mol. The number of sulfonamides is 1. The van der Waals surface area contributed by atoms with E-state index >= 15 is 0 Å². The van der Waals surface area contributed by atoms with Gasteiger partial charge in [-0.3, -0.25) is 14.9 Å². The molecular formula is C19H18N4O5S3. The van der Waals surface area contributed by atoms with Crippen LogP contribution in [0.15, 0.2) is 57.6 Å². The molecule has 0 N–H and O–H groups in total. The van der Waals surface area contributed by atoms with Crippen LogP contribution in [-0.2, 0) is 21.4 Å². The highest BCUT2D eigenvalue weighted by Gasteiger charge is 2.39. The Morgan fingerprint density at radius 2 is 2.19 bits per heavy atom. The minimum Gasteiger partial charge on any atom is -0.312 e. The first-order valence-electron chi connectivity index (χ1n) is 9.35. The molecule has 0 saturated carbocycles. The molecule has 1 unspecified atom stereocenters. The van der Waals surface area contributed by atoms with Gasteiger partial charge < -0.3 is 4.57 Å². The third-order valence-electron chi connectivity index (χ3n) is 4.94. The molecule has 0 bridgehead atoms. The Bertz CT molecular complexity index is 1340. The van der Waals surface area contributed by atoms with Gasteiger partial charge in [0.2, 0.25) is 0 Å². The molecule has 162 valence electrons. The summed E-state index contributed by atoms with van der Waals surface area (Å²) in [4.78, 5) is 28.2. The highest BCUT2D eigenvalue weighted by molar-refractivity contribution is 7.91. The third-order valence-corrected chi connectivity index (χ3v) is 9.26. The van der Waals surface area contributed by atoms with Crippen molar-refractivity contribution in [2.24, 2.45) is 4.99 Å². The molecule has 0 spiro atoms. The highest BCUT2D eigenvalue weighted by Crippen LogP contribution is 2.29. The normalized spacial score (nSPS) is 17.9. The molecule has 1 aliphatic rings. The van der Waals surface area contributed by atoms with E-state index in [1.807, 2.05) is 0 Å². The van der Waals surface area contributed by atoms with Gasteiger partial charge >= 0.3 is 0 Å². The summed E-state index contributed by atoms with van der Waals surface area (Å²) in [7, 11) is -3.77. The van der Waals surface area contributed by atoms with Crippen molar-refractivity contribution in [2.45, 2.75) is 29.6 Å². The molecular weight excluding hydrogens is 460 g/mol. The molecule has 31 heavy (non-hydrogen) atoms. The van der Waals surface area contributed by atoms with Gasteiger partial charge in [-0.05, 0) is 30.4 Å². The number of amides is 1. The van der Waals surface area contributed by atoms with E-state index < -0.39 is 26.9 Å². The van der Waals surface area contributed by atoms with E-state index in [-0.39, 0.29) is 16.4 Å². The van der Waals surface area contributed by atoms with E-state index in [1.54, 1.807) is 28.2 Å². The number of carbonyl (C=O) groups excluding carboxylic acids is 1. The van der Waals surface area contributed by atoms with Crippen LogP contribution < -0.4 is 4.80 Å². The topological polar surface area (TPSA) is 115 Å². The number of nitro benzene ring substituents is 1. The minimum atomic E-state index is -3.77. The third kappa shape index (κ3) is 3.99. The molecule has 1 atom stereocenters. The van der Waals surface area contributed by atoms with Crippen molar-refractivity contribution >= 4 is 54.5 Å². The molecule has 1 aromatic carbocycles. The van der Waals surface area contributed by atoms with Gasteiger partial charge in [-0.15, -0.1) is 17.9 Å². The van der Waals surface area contributed by atoms with Gasteiger partial charge in [0.1, 0.15) is 10.3 Å². The lowest BCUT2D eigenvalue weighted by atomic mass is 10.2. The molecule has 1 saturated heterocycles. The number of carbonyl (C=O) groups is 1. The van der Waals surface area contributed by atoms with Gasteiger partial charge in [0.05, 0.1) is 15.1 Å². The quantitative estimate of drug-likeness (QED) is 0.307. The fraction of sp³-hybridized carbons (Fsp3) is 0.263. The van der Waals surface area contributed by atoms with Crippen LogP contribution in [-0.4, -0.2) is 40.7 Å². The van der Waals surface area contributed by atoms with E-state index in [9.17, 15) is 23.3 Å². The number of aromatic nitrogens is 1. The number of benzene rings is 1. The van der Waals surface area contributed by atoms with Crippen molar-refractivity contribution in [2.75, 3.05) is 6.54 Å². The molecule has 2 aromatic heterocycles. The summed E-state index contributed by atoms with van der Waals surface area (Å²) in [6.07, 6.45) is 2.60. The van der Waals surface area contributed by atoms with E-state index in [0.717, 1.165) is 22.7 Å². The SMILES string of the molecule is C=CCn1c(=NC(=O)C2CCCN2S(=O)(=O)c2cccs2)sc2cc([N+](=O)[O-])ccc21. The summed E-state index contributed by atoms with van der Waals surface area (Å²) in [5.74, 6) is -0.545. The first-order valence-corrected chi connectivity index (χ1v) is 12.5. The molecule has 0 radical (unpaired) electrons. The van der Waals surface area contributed by atoms with Crippen molar-refractivity contribution in [1.82, 2.24) is 8.87 Å². The van der Waals surface area contributed by atoms with Crippen molar-refractivity contribution < 1.29 is 18.1 Å². The smallest absolute Gasteiger partial charge is 0.270 e. The predicted octanol–water partition coefficient (Wildman–Crippen LogP) is 3.14. The predicted molar refractivity (Wildman–Crippen MR) is 118 cm³/mol. The van der Waals surface area contributed by atoms with Crippen molar-refractivity contribution in [3.8, 4) is 0 Å². The Morgan fingerprint density at radius 1 is 1.39 bits per heavy atom. The molecule has 12 heteroatoms. The van der Waals surface area contributed by atoms with Gasteiger partial charge in [-0.1, -0.05) is 23.5 Å². The zero-order valence-electron chi connectivity index (χ0n) is 16.2. The highest BCUT2D eigenvalue weighted by atomic mass is 32.2. The maximum atomic E-state index is 13.0. The molecule has 9 nitrogen and oxygen atoms in total. The summed E-state index contributed by atoms with van der Waals surface area (Å²) in [6.45, 7) is 4.34. The standard InChI is InChI=1S/C19H18N4O5S3/c1-2-9-21-14-8-7-13(23(25)26)12-16(14)30-19(21)20-18(24)15-5-3-10-22(15)31(27,28)17-6-4-11-29-17/h2,4,6-8,11-12,15H,1,3,5,9-10H2. The summed E-state index contributed by atoms with van der Waals surface area (Å²) in [6, 6.07) is 6.75. The number of rotatable bonds is 6. The van der Waals surface area contributed by atoms with E-state index in [0.29, 0.717) is 34.4 Å². The number of hydrogen-bond donors (Lipinski definition) is 0. The maximum absolute atomic E-state index is 13.0. The Kier molecular flexibility index (Phi) is 5.88. The van der Waals surface area contributed by atoms with Crippen molar-refractivity contribution in [1.29, 1.82) is 0 Å². The van der Waals surface area contributed by atoms with E-state index in [4.69, 9.17) is 0 Å². The first-order chi connectivity index (χ1) is 14.8. The fourth-order valence-electron chi connectivity index (χ4n) is 3.54. The fourth-order valence-corrected chi connectivity index (χ4v) is 7.38. The van der Waals surface area contributed by atoms with Crippen LogP contribution in [0.4, 0.5) is 5.69 Å². The number of nitro groups is 1. The van der Waals surface area contributed by atoms with Crippen molar-refractivity contribution in [3.63, 3.8) is 0 Å². The number of fused-ring (bicyclic) bond motifs is 1. The Morgan fingerprint density at radius 3 is 2.87 bits per heavy atom. The van der Waals surface area contributed by atoms with Crippen LogP contribution >= 0.6 is 22.7 Å². The molecule has 3 aromatic rings. The van der Waals surface area contributed by atoms with Crippen LogP contribution in [0.3, 0.4) is 0 Å². The van der Waals surface area contributed by atoms with Crippen LogP contribution in [0, 0.1) is 10.1 Å². The summed E-state index contributed by atoms with van der Waals surface area (Å²) >= 11 is 2.26. The van der Waals surface area contributed by atoms with Gasteiger partial charge in [-0.25, -0.2) is 8.42 Å². The number of thiophene rings is 1. The summed E-state index contributed by atoms with van der Waals surface area (Å²) in [5.41, 5.74) is 0.637. The molecule has 1 amide bonds. The van der Waals surface area contributed by atoms with E-state index in [1.165, 1.54) is 22.5 Å². The molecule has 4 rings (SSSR count). The lowest BCUT2D eigenvalue weighted by molar-refractivity contribution is -0.384. The number of hydrogen-bond acceptors (Lipinski definition) is 7. The second-order valence-electron chi connectivity index (χ2n) is 6.85. The van der Waals surface area contributed by atoms with Crippen LogP contribution in [0.5, 0.6) is 0 Å². The van der Waals surface area contributed by atoms with Crippen molar-refractivity contribution in [3.05, 3.63) is 63.3 Å². The van der Waals surface area contributed by atoms with Gasteiger partial charge in [0, 0.05) is 25.2 Å². The van der Waals surface area contributed by atoms with E-state index in [2.05, 4.69) is 11.6 Å². The van der Waals surface area contributed by atoms with Crippen LogP contribution in [0.2, 0.25) is 0 Å². The van der Waals surface area contributed by atoms with Gasteiger partial charge in [-0.2, -0.15) is 9.30 Å². The molecule has 0 aliphatic carbocycles. The number of allylic oxidation sites excluding steroid dienone is 1. The second-order valence-corrected chi connectivity index (χ2v) is 10.9. The maximum Gasteiger partial charge on any atom is 0.270 e. The van der Waals surface area contributed by atoms with Crippen LogP contribution in [0.1, 0.15) is 12.8 Å². The molecule has 1 fully saturated rings.